The topological polar surface area (TPSA) is 89.7 Å². The van der Waals surface area contributed by atoms with Gasteiger partial charge in [-0.15, -0.1) is 0 Å². The number of primary amides is 1. The first-order chi connectivity index (χ1) is 11.7. The van der Waals surface area contributed by atoms with Gasteiger partial charge in [-0.05, 0) is 31.0 Å². The van der Waals surface area contributed by atoms with Gasteiger partial charge in [0.1, 0.15) is 0 Å². The smallest absolute Gasteiger partial charge is 0.416 e. The van der Waals surface area contributed by atoms with Gasteiger partial charge in [0.15, 0.2) is 6.61 Å². The number of piperidine rings is 1. The maximum absolute atomic E-state index is 12.6. The zero-order chi connectivity index (χ0) is 18.6. The number of benzene rings is 1. The summed E-state index contributed by atoms with van der Waals surface area (Å²) in [5, 5.41) is 0. The molecule has 1 heterocycles. The number of nitrogens with zero attached hydrogens (tertiary/aromatic N) is 1. The first-order valence-corrected chi connectivity index (χ1v) is 7.60. The number of amides is 2. The molecule has 2 rings (SSSR count). The summed E-state index contributed by atoms with van der Waals surface area (Å²) < 4.78 is 42.7. The zero-order valence-electron chi connectivity index (χ0n) is 13.2. The highest BCUT2D eigenvalue weighted by Gasteiger charge is 2.31. The van der Waals surface area contributed by atoms with Gasteiger partial charge in [-0.25, -0.2) is 4.79 Å². The lowest BCUT2D eigenvalue weighted by molar-refractivity contribution is -0.139. The van der Waals surface area contributed by atoms with Crippen LogP contribution < -0.4 is 5.73 Å². The fraction of sp³-hybridized carbons (Fsp3) is 0.438. The Hall–Kier alpha value is -2.58. The molecule has 1 aromatic carbocycles. The summed E-state index contributed by atoms with van der Waals surface area (Å²) in [7, 11) is 0. The minimum absolute atomic E-state index is 0.148. The number of ether oxygens (including phenoxy) is 1. The monoisotopic (exact) mass is 358 g/mol. The summed E-state index contributed by atoms with van der Waals surface area (Å²) in [5.41, 5.74) is 3.95. The molecule has 1 aliphatic heterocycles. The number of carbonyl (C=O) groups excluding carboxylic acids is 3. The van der Waals surface area contributed by atoms with Crippen molar-refractivity contribution < 1.29 is 32.3 Å². The minimum Gasteiger partial charge on any atom is -0.452 e. The number of hydrogen-bond donors (Lipinski definition) is 1. The maximum atomic E-state index is 12.6. The number of nitrogens with two attached hydrogens (primary N) is 1. The number of alkyl halides is 3. The van der Waals surface area contributed by atoms with Crippen LogP contribution in [-0.4, -0.2) is 42.4 Å². The number of likely N-dealkylation sites (tertiary alicyclic amines) is 1. The van der Waals surface area contributed by atoms with Gasteiger partial charge in [0.05, 0.1) is 17.0 Å². The number of esters is 1. The maximum Gasteiger partial charge on any atom is 0.416 e. The number of hydrogen-bond acceptors (Lipinski definition) is 4. The van der Waals surface area contributed by atoms with Crippen molar-refractivity contribution >= 4 is 17.8 Å². The molecule has 136 valence electrons. The van der Waals surface area contributed by atoms with Gasteiger partial charge in [0.2, 0.25) is 5.91 Å². The van der Waals surface area contributed by atoms with Crippen molar-refractivity contribution in [1.82, 2.24) is 4.90 Å². The lowest BCUT2D eigenvalue weighted by Crippen LogP contribution is -2.45. The Balaban J connectivity index is 1.93. The van der Waals surface area contributed by atoms with Crippen molar-refractivity contribution in [2.45, 2.75) is 19.0 Å². The molecule has 0 bridgehead atoms. The lowest BCUT2D eigenvalue weighted by Gasteiger charge is -2.31. The highest BCUT2D eigenvalue weighted by Crippen LogP contribution is 2.29. The van der Waals surface area contributed by atoms with Gasteiger partial charge in [-0.3, -0.25) is 9.59 Å². The Morgan fingerprint density at radius 3 is 2.64 bits per heavy atom. The quantitative estimate of drug-likeness (QED) is 0.828. The molecule has 0 saturated carbocycles. The van der Waals surface area contributed by atoms with Crippen LogP contribution in [0.25, 0.3) is 0 Å². The molecule has 2 N–H and O–H groups in total. The van der Waals surface area contributed by atoms with Gasteiger partial charge >= 0.3 is 12.1 Å². The first kappa shape index (κ1) is 18.8. The average Bonchev–Trinajstić information content (AvgIpc) is 2.58. The van der Waals surface area contributed by atoms with Crippen molar-refractivity contribution in [1.29, 1.82) is 0 Å². The van der Waals surface area contributed by atoms with Gasteiger partial charge in [-0.1, -0.05) is 6.07 Å². The molecule has 1 aromatic rings. The molecule has 1 fully saturated rings. The number of rotatable bonds is 4. The van der Waals surface area contributed by atoms with Gasteiger partial charge < -0.3 is 15.4 Å². The van der Waals surface area contributed by atoms with Crippen LogP contribution in [0, 0.1) is 5.92 Å². The Bertz CT molecular complexity index is 676. The van der Waals surface area contributed by atoms with E-state index in [-0.39, 0.29) is 12.1 Å². The van der Waals surface area contributed by atoms with Crippen LogP contribution in [0.5, 0.6) is 0 Å². The van der Waals surface area contributed by atoms with Crippen molar-refractivity contribution in [3.8, 4) is 0 Å². The molecule has 0 spiro atoms. The van der Waals surface area contributed by atoms with E-state index < -0.39 is 42.0 Å². The fourth-order valence-electron chi connectivity index (χ4n) is 2.56. The molecule has 25 heavy (non-hydrogen) atoms. The van der Waals surface area contributed by atoms with Crippen LogP contribution in [-0.2, 0) is 20.5 Å². The van der Waals surface area contributed by atoms with Crippen LogP contribution in [0.3, 0.4) is 0 Å². The zero-order valence-corrected chi connectivity index (χ0v) is 13.2. The Morgan fingerprint density at radius 1 is 1.28 bits per heavy atom. The van der Waals surface area contributed by atoms with E-state index in [2.05, 4.69) is 0 Å². The molecule has 9 heteroatoms. The summed E-state index contributed by atoms with van der Waals surface area (Å²) in [5.74, 6) is -2.50. The molecule has 0 aromatic heterocycles. The van der Waals surface area contributed by atoms with Crippen LogP contribution in [0.1, 0.15) is 28.8 Å². The van der Waals surface area contributed by atoms with E-state index in [0.717, 1.165) is 12.1 Å². The largest absolute Gasteiger partial charge is 0.452 e. The molecule has 6 nitrogen and oxygen atoms in total. The van der Waals surface area contributed by atoms with Crippen LogP contribution >= 0.6 is 0 Å². The van der Waals surface area contributed by atoms with Gasteiger partial charge in [0.25, 0.3) is 5.91 Å². The van der Waals surface area contributed by atoms with Gasteiger partial charge in [-0.2, -0.15) is 13.2 Å². The van der Waals surface area contributed by atoms with E-state index in [1.807, 2.05) is 0 Å². The molecular formula is C16H17F3N2O4. The Labute approximate surface area is 141 Å². The fourth-order valence-corrected chi connectivity index (χ4v) is 2.56. The predicted molar refractivity (Wildman–Crippen MR) is 80.2 cm³/mol. The third kappa shape index (κ3) is 4.94. The number of halogens is 3. The van der Waals surface area contributed by atoms with E-state index >= 15 is 0 Å². The Morgan fingerprint density at radius 2 is 2.00 bits per heavy atom. The molecule has 1 atom stereocenters. The van der Waals surface area contributed by atoms with Crippen LogP contribution in [0.15, 0.2) is 24.3 Å². The van der Waals surface area contributed by atoms with E-state index in [1.165, 1.54) is 11.0 Å². The van der Waals surface area contributed by atoms with Crippen molar-refractivity contribution in [3.63, 3.8) is 0 Å². The van der Waals surface area contributed by atoms with Crippen molar-refractivity contribution in [3.05, 3.63) is 35.4 Å². The molecule has 2 amide bonds. The molecule has 0 unspecified atom stereocenters. The van der Waals surface area contributed by atoms with Crippen molar-refractivity contribution in [2.24, 2.45) is 11.7 Å². The van der Waals surface area contributed by atoms with Crippen LogP contribution in [0.2, 0.25) is 0 Å². The highest BCUT2D eigenvalue weighted by atomic mass is 19.4. The van der Waals surface area contributed by atoms with Crippen molar-refractivity contribution in [2.75, 3.05) is 19.7 Å². The lowest BCUT2D eigenvalue weighted by atomic mass is 9.97. The molecule has 0 aliphatic carbocycles. The second kappa shape index (κ2) is 7.54. The molecule has 1 aliphatic rings. The summed E-state index contributed by atoms with van der Waals surface area (Å²) in [6, 6.07) is 3.76. The number of carbonyl (C=O) groups is 3. The van der Waals surface area contributed by atoms with E-state index in [1.54, 1.807) is 0 Å². The average molecular weight is 358 g/mol. The molecule has 1 saturated heterocycles. The SMILES string of the molecule is NC(=O)[C@H]1CCCN(C(=O)COC(=O)c2cccc(C(F)(F)F)c2)C1. The third-order valence-electron chi connectivity index (χ3n) is 3.93. The second-order valence-corrected chi connectivity index (χ2v) is 5.74. The first-order valence-electron chi connectivity index (χ1n) is 7.60. The molecule has 0 radical (unpaired) electrons. The minimum atomic E-state index is -4.58. The summed E-state index contributed by atoms with van der Waals surface area (Å²) in [4.78, 5) is 36.4. The summed E-state index contributed by atoms with van der Waals surface area (Å²) >= 11 is 0. The van der Waals surface area contributed by atoms with E-state index in [0.29, 0.717) is 25.5 Å². The third-order valence-corrected chi connectivity index (χ3v) is 3.93. The standard InChI is InChI=1S/C16H17F3N2O4/c17-16(18,19)12-5-1-3-10(7-12)15(24)25-9-13(22)21-6-2-4-11(8-21)14(20)23/h1,3,5,7,11H,2,4,6,8-9H2,(H2,20,23)/t11-/m0/s1. The summed E-state index contributed by atoms with van der Waals surface area (Å²) in [6.07, 6.45) is -3.40. The second-order valence-electron chi connectivity index (χ2n) is 5.74. The predicted octanol–water partition coefficient (Wildman–Crippen LogP) is 1.59. The van der Waals surface area contributed by atoms with E-state index in [4.69, 9.17) is 10.5 Å². The van der Waals surface area contributed by atoms with E-state index in [9.17, 15) is 27.6 Å². The van der Waals surface area contributed by atoms with Crippen LogP contribution in [0.4, 0.5) is 13.2 Å². The molecular weight excluding hydrogens is 341 g/mol. The normalized spacial score (nSPS) is 17.9. The highest BCUT2D eigenvalue weighted by molar-refractivity contribution is 5.91. The Kier molecular flexibility index (Phi) is 5.66. The van der Waals surface area contributed by atoms with Gasteiger partial charge in [0, 0.05) is 13.1 Å². The summed E-state index contributed by atoms with van der Waals surface area (Å²) in [6.45, 7) is -0.0560.